The number of thiophene rings is 1. The van der Waals surface area contributed by atoms with Gasteiger partial charge in [0.05, 0.1) is 16.3 Å². The molecule has 0 spiro atoms. The Hall–Kier alpha value is -1.35. The number of nitrogens with one attached hydrogen (secondary N) is 1. The lowest BCUT2D eigenvalue weighted by Gasteiger charge is -2.17. The zero-order chi connectivity index (χ0) is 15.7. The minimum Gasteiger partial charge on any atom is -0.351 e. The monoisotopic (exact) mass is 307 g/mol. The van der Waals surface area contributed by atoms with Crippen LogP contribution in [-0.4, -0.2) is 43.5 Å². The second-order valence-electron chi connectivity index (χ2n) is 4.77. The van der Waals surface area contributed by atoms with Gasteiger partial charge in [-0.2, -0.15) is 0 Å². The maximum atomic E-state index is 12.1. The van der Waals surface area contributed by atoms with E-state index in [1.807, 2.05) is 13.0 Å². The molecule has 0 aliphatic rings. The first-order valence-electron chi connectivity index (χ1n) is 7.42. The average Bonchev–Trinajstić information content (AvgIpc) is 2.86. The fraction of sp³-hybridized carbons (Fsp3) is 0.562. The Labute approximate surface area is 131 Å². The van der Waals surface area contributed by atoms with E-state index in [1.165, 1.54) is 11.3 Å². The number of amides is 1. The fourth-order valence-electron chi connectivity index (χ4n) is 1.98. The molecule has 1 heterocycles. The van der Waals surface area contributed by atoms with Crippen LogP contribution in [0.15, 0.2) is 6.07 Å². The third-order valence-electron chi connectivity index (χ3n) is 3.28. The smallest absolute Gasteiger partial charge is 0.261 e. The highest BCUT2D eigenvalue weighted by Gasteiger charge is 2.11. The number of carbonyl (C=O) groups excluding carboxylic acids is 1. The van der Waals surface area contributed by atoms with Crippen molar-refractivity contribution in [3.8, 4) is 11.8 Å². The molecular formula is C16H25N3OS. The lowest BCUT2D eigenvalue weighted by molar-refractivity contribution is 0.0956. The van der Waals surface area contributed by atoms with Crippen LogP contribution in [0.4, 0.5) is 0 Å². The van der Waals surface area contributed by atoms with E-state index < -0.39 is 0 Å². The lowest BCUT2D eigenvalue weighted by atomic mass is 10.2. The molecule has 0 aliphatic heterocycles. The van der Waals surface area contributed by atoms with Crippen molar-refractivity contribution in [2.24, 2.45) is 5.73 Å². The molecule has 0 aromatic carbocycles. The normalized spacial score (nSPS) is 10.3. The highest BCUT2D eigenvalue weighted by atomic mass is 32.1. The first kappa shape index (κ1) is 17.7. The summed E-state index contributed by atoms with van der Waals surface area (Å²) in [6, 6.07) is 1.89. The molecule has 116 valence electrons. The number of hydrogen-bond acceptors (Lipinski definition) is 4. The fourth-order valence-corrected chi connectivity index (χ4v) is 2.94. The van der Waals surface area contributed by atoms with Crippen LogP contribution in [0.3, 0.4) is 0 Å². The Kier molecular flexibility index (Phi) is 8.06. The first-order chi connectivity index (χ1) is 10.1. The summed E-state index contributed by atoms with van der Waals surface area (Å²) in [6.45, 7) is 10.4. The molecule has 0 aliphatic carbocycles. The topological polar surface area (TPSA) is 58.4 Å². The van der Waals surface area contributed by atoms with Gasteiger partial charge in [0, 0.05) is 6.54 Å². The molecule has 5 heteroatoms. The van der Waals surface area contributed by atoms with Crippen LogP contribution in [0.1, 0.15) is 40.4 Å². The molecule has 0 bridgehead atoms. The van der Waals surface area contributed by atoms with Crippen molar-refractivity contribution in [2.45, 2.75) is 27.2 Å². The van der Waals surface area contributed by atoms with Crippen molar-refractivity contribution in [1.82, 2.24) is 10.2 Å². The second kappa shape index (κ2) is 9.56. The molecule has 0 atom stereocenters. The molecular weight excluding hydrogens is 282 g/mol. The molecule has 1 aromatic rings. The van der Waals surface area contributed by atoms with Gasteiger partial charge in [-0.15, -0.1) is 11.3 Å². The Morgan fingerprint density at radius 3 is 2.76 bits per heavy atom. The van der Waals surface area contributed by atoms with Crippen LogP contribution >= 0.6 is 11.3 Å². The van der Waals surface area contributed by atoms with Crippen molar-refractivity contribution >= 4 is 17.2 Å². The molecule has 3 N–H and O–H groups in total. The second-order valence-corrected chi connectivity index (χ2v) is 5.82. The van der Waals surface area contributed by atoms with Crippen LogP contribution in [-0.2, 0) is 0 Å². The van der Waals surface area contributed by atoms with Gasteiger partial charge in [0.1, 0.15) is 0 Å². The Morgan fingerprint density at radius 2 is 2.14 bits per heavy atom. The van der Waals surface area contributed by atoms with E-state index in [0.29, 0.717) is 13.1 Å². The lowest BCUT2D eigenvalue weighted by Crippen LogP contribution is -2.29. The van der Waals surface area contributed by atoms with Gasteiger partial charge < -0.3 is 16.0 Å². The predicted molar refractivity (Wildman–Crippen MR) is 89.7 cm³/mol. The highest BCUT2D eigenvalue weighted by molar-refractivity contribution is 7.14. The maximum Gasteiger partial charge on any atom is 0.261 e. The summed E-state index contributed by atoms with van der Waals surface area (Å²) in [7, 11) is 0. The van der Waals surface area contributed by atoms with E-state index in [1.54, 1.807) is 0 Å². The summed E-state index contributed by atoms with van der Waals surface area (Å²) < 4.78 is 0. The largest absolute Gasteiger partial charge is 0.351 e. The molecule has 0 radical (unpaired) electrons. The minimum atomic E-state index is -0.0107. The molecule has 1 aromatic heterocycles. The Balaban J connectivity index is 2.45. The van der Waals surface area contributed by atoms with E-state index in [0.717, 1.165) is 41.4 Å². The van der Waals surface area contributed by atoms with Gasteiger partial charge in [0.25, 0.3) is 5.91 Å². The van der Waals surface area contributed by atoms with Gasteiger partial charge in [-0.1, -0.05) is 25.7 Å². The number of carbonyl (C=O) groups is 1. The molecule has 21 heavy (non-hydrogen) atoms. The number of hydrogen-bond donors (Lipinski definition) is 2. The number of nitrogens with two attached hydrogens (primary N) is 1. The SMILES string of the molecule is CCN(CC)CCCNC(=O)c1cc(C)c(C#CCN)s1. The minimum absolute atomic E-state index is 0.0107. The summed E-state index contributed by atoms with van der Waals surface area (Å²) in [5.41, 5.74) is 6.41. The molecule has 4 nitrogen and oxygen atoms in total. The van der Waals surface area contributed by atoms with E-state index in [4.69, 9.17) is 5.73 Å². The highest BCUT2D eigenvalue weighted by Crippen LogP contribution is 2.20. The van der Waals surface area contributed by atoms with E-state index in [2.05, 4.69) is 35.9 Å². The molecule has 0 unspecified atom stereocenters. The van der Waals surface area contributed by atoms with Crippen molar-refractivity contribution in [3.05, 3.63) is 21.4 Å². The molecule has 1 amide bonds. The van der Waals surface area contributed by atoms with E-state index in [9.17, 15) is 4.79 Å². The van der Waals surface area contributed by atoms with Gasteiger partial charge in [0.15, 0.2) is 0 Å². The van der Waals surface area contributed by atoms with Gasteiger partial charge in [-0.3, -0.25) is 4.79 Å². The van der Waals surface area contributed by atoms with Crippen molar-refractivity contribution in [3.63, 3.8) is 0 Å². The first-order valence-corrected chi connectivity index (χ1v) is 8.23. The molecule has 0 fully saturated rings. The Bertz CT molecular complexity index is 509. The number of nitrogens with zero attached hydrogens (tertiary/aromatic N) is 1. The summed E-state index contributed by atoms with van der Waals surface area (Å²) in [6.07, 6.45) is 0.970. The number of rotatable bonds is 7. The van der Waals surface area contributed by atoms with Crippen LogP contribution in [0.5, 0.6) is 0 Å². The van der Waals surface area contributed by atoms with Crippen molar-refractivity contribution in [1.29, 1.82) is 0 Å². The third kappa shape index (κ3) is 5.88. The summed E-state index contributed by atoms with van der Waals surface area (Å²) in [5, 5.41) is 2.97. The van der Waals surface area contributed by atoms with Crippen LogP contribution in [0.2, 0.25) is 0 Å². The summed E-state index contributed by atoms with van der Waals surface area (Å²) in [4.78, 5) is 16.1. The van der Waals surface area contributed by atoms with Crippen LogP contribution in [0.25, 0.3) is 0 Å². The van der Waals surface area contributed by atoms with Crippen LogP contribution < -0.4 is 11.1 Å². The van der Waals surface area contributed by atoms with Crippen molar-refractivity contribution < 1.29 is 4.79 Å². The molecule has 1 rings (SSSR count). The zero-order valence-electron chi connectivity index (χ0n) is 13.2. The van der Waals surface area contributed by atoms with Gasteiger partial charge in [-0.25, -0.2) is 0 Å². The quantitative estimate of drug-likeness (QED) is 0.597. The molecule has 0 saturated carbocycles. The average molecular weight is 307 g/mol. The van der Waals surface area contributed by atoms with E-state index >= 15 is 0 Å². The van der Waals surface area contributed by atoms with Gasteiger partial charge in [0.2, 0.25) is 0 Å². The predicted octanol–water partition coefficient (Wildman–Crippen LogP) is 1.83. The third-order valence-corrected chi connectivity index (χ3v) is 4.43. The summed E-state index contributed by atoms with van der Waals surface area (Å²) >= 11 is 1.43. The van der Waals surface area contributed by atoms with E-state index in [-0.39, 0.29) is 5.91 Å². The number of aryl methyl sites for hydroxylation is 1. The van der Waals surface area contributed by atoms with Gasteiger partial charge in [-0.05, 0) is 44.6 Å². The summed E-state index contributed by atoms with van der Waals surface area (Å²) in [5.74, 6) is 5.82. The van der Waals surface area contributed by atoms with Crippen molar-refractivity contribution in [2.75, 3.05) is 32.7 Å². The maximum absolute atomic E-state index is 12.1. The Morgan fingerprint density at radius 1 is 1.43 bits per heavy atom. The van der Waals surface area contributed by atoms with Crippen LogP contribution in [0, 0.1) is 18.8 Å². The van der Waals surface area contributed by atoms with Gasteiger partial charge >= 0.3 is 0 Å². The molecule has 0 saturated heterocycles. The standard InChI is InChI=1S/C16H25N3OS/c1-4-19(5-2)11-7-10-18-16(20)15-12-13(3)14(21-15)8-6-9-17/h12H,4-5,7,9-11,17H2,1-3H3,(H,18,20). The zero-order valence-corrected chi connectivity index (χ0v) is 14.0.